The average Bonchev–Trinajstić information content (AvgIpc) is 2.70. The molecule has 2 heterocycles. The van der Waals surface area contributed by atoms with Crippen molar-refractivity contribution in [2.75, 3.05) is 0 Å². The number of hydrogen-bond donors (Lipinski definition) is 3. The van der Waals surface area contributed by atoms with Crippen molar-refractivity contribution in [1.82, 2.24) is 21.3 Å². The zero-order chi connectivity index (χ0) is 19.1. The summed E-state index contributed by atoms with van der Waals surface area (Å²) in [5.41, 5.74) is 10.4. The van der Waals surface area contributed by atoms with Crippen molar-refractivity contribution in [2.24, 2.45) is 10.1 Å². The number of rotatable bonds is 6. The average molecular weight is 364 g/mol. The van der Waals surface area contributed by atoms with Crippen LogP contribution in [-0.4, -0.2) is 34.4 Å². The molecule has 1 aromatic carbocycles. The number of pyridine rings is 1. The maximum Gasteiger partial charge on any atom is 0.263 e. The van der Waals surface area contributed by atoms with E-state index in [1.54, 1.807) is 31.5 Å². The lowest BCUT2D eigenvalue weighted by molar-refractivity contribution is -0.128. The first-order valence-electron chi connectivity index (χ1n) is 8.52. The molecule has 0 unspecified atom stereocenters. The van der Waals surface area contributed by atoms with Crippen LogP contribution in [0.25, 0.3) is 0 Å². The standard InChI is InChI=1S/C19H20N6O2/c1-13(15-7-9-20-10-8-15)22-24-18(26)12-16-19(27)25-23-17(21-16)11-14-5-3-2-4-6-14/h2-10,16H,11-12H2,1H3,(H,21,23)(H,24,26)(H,25,27)/t16-/m1/s1. The van der Waals surface area contributed by atoms with Crippen molar-refractivity contribution >= 4 is 23.4 Å². The Hall–Kier alpha value is -3.55. The molecule has 0 bridgehead atoms. The molecule has 0 radical (unpaired) electrons. The van der Waals surface area contributed by atoms with Gasteiger partial charge in [-0.05, 0) is 24.6 Å². The molecule has 1 aromatic heterocycles. The highest BCUT2D eigenvalue weighted by molar-refractivity contribution is 6.00. The highest BCUT2D eigenvalue weighted by Crippen LogP contribution is 2.07. The summed E-state index contributed by atoms with van der Waals surface area (Å²) >= 11 is 0. The van der Waals surface area contributed by atoms with Gasteiger partial charge in [0.2, 0.25) is 5.91 Å². The number of carbonyl (C=O) groups is 2. The normalized spacial score (nSPS) is 16.8. The Balaban J connectivity index is 1.60. The maximum atomic E-state index is 12.2. The van der Waals surface area contributed by atoms with Gasteiger partial charge >= 0.3 is 0 Å². The smallest absolute Gasteiger partial charge is 0.263 e. The fourth-order valence-electron chi connectivity index (χ4n) is 2.54. The lowest BCUT2D eigenvalue weighted by atomic mass is 10.1. The largest absolute Gasteiger partial charge is 0.285 e. The van der Waals surface area contributed by atoms with E-state index < -0.39 is 6.04 Å². The molecule has 8 heteroatoms. The van der Waals surface area contributed by atoms with Gasteiger partial charge in [-0.1, -0.05) is 30.3 Å². The second-order valence-electron chi connectivity index (χ2n) is 6.04. The molecule has 1 atom stereocenters. The lowest BCUT2D eigenvalue weighted by Crippen LogP contribution is -2.52. The van der Waals surface area contributed by atoms with E-state index in [9.17, 15) is 9.59 Å². The van der Waals surface area contributed by atoms with E-state index in [2.05, 4.69) is 31.4 Å². The molecule has 8 nitrogen and oxygen atoms in total. The monoisotopic (exact) mass is 364 g/mol. The number of nitrogens with zero attached hydrogens (tertiary/aromatic N) is 3. The minimum absolute atomic E-state index is 0.0844. The summed E-state index contributed by atoms with van der Waals surface area (Å²) in [6.07, 6.45) is 3.76. The van der Waals surface area contributed by atoms with Crippen LogP contribution in [0.1, 0.15) is 24.5 Å². The van der Waals surface area contributed by atoms with Gasteiger partial charge in [0.25, 0.3) is 5.91 Å². The minimum Gasteiger partial charge on any atom is -0.285 e. The van der Waals surface area contributed by atoms with Crippen LogP contribution in [0.4, 0.5) is 0 Å². The number of amides is 2. The van der Waals surface area contributed by atoms with Crippen LogP contribution in [0, 0.1) is 0 Å². The van der Waals surface area contributed by atoms with E-state index in [-0.39, 0.29) is 18.2 Å². The van der Waals surface area contributed by atoms with Crippen LogP contribution >= 0.6 is 0 Å². The van der Waals surface area contributed by atoms with Gasteiger partial charge in [0.15, 0.2) is 0 Å². The van der Waals surface area contributed by atoms with Crippen molar-refractivity contribution in [1.29, 1.82) is 0 Å². The van der Waals surface area contributed by atoms with E-state index in [1.807, 2.05) is 30.3 Å². The van der Waals surface area contributed by atoms with Crippen molar-refractivity contribution in [3.05, 3.63) is 66.0 Å². The van der Waals surface area contributed by atoms with Gasteiger partial charge in [-0.2, -0.15) is 5.10 Å². The first-order chi connectivity index (χ1) is 13.1. The number of aliphatic imine (C=N–C) groups is 1. The number of hydrazine groups is 1. The van der Waals surface area contributed by atoms with Crippen molar-refractivity contribution in [3.8, 4) is 0 Å². The molecule has 0 saturated heterocycles. The number of nitrogens with one attached hydrogen (secondary N) is 3. The third-order valence-corrected chi connectivity index (χ3v) is 3.98. The molecular weight excluding hydrogens is 344 g/mol. The molecule has 1 aliphatic rings. The van der Waals surface area contributed by atoms with Gasteiger partial charge < -0.3 is 0 Å². The fraction of sp³-hybridized carbons (Fsp3) is 0.211. The molecule has 0 spiro atoms. The van der Waals surface area contributed by atoms with Crippen LogP contribution in [0.5, 0.6) is 0 Å². The Morgan fingerprint density at radius 2 is 1.89 bits per heavy atom. The maximum absolute atomic E-state index is 12.2. The molecule has 3 N–H and O–H groups in total. The van der Waals surface area contributed by atoms with Gasteiger partial charge in [0.1, 0.15) is 11.9 Å². The second-order valence-corrected chi connectivity index (χ2v) is 6.04. The Morgan fingerprint density at radius 1 is 1.15 bits per heavy atom. The predicted octanol–water partition coefficient (Wildman–Crippen LogP) is 0.956. The molecule has 1 aliphatic heterocycles. The quantitative estimate of drug-likeness (QED) is 0.524. The minimum atomic E-state index is -0.790. The Bertz CT molecular complexity index is 864. The third kappa shape index (κ3) is 5.21. The highest BCUT2D eigenvalue weighted by atomic mass is 16.2. The molecular formula is C19H20N6O2. The second kappa shape index (κ2) is 8.70. The number of benzene rings is 1. The van der Waals surface area contributed by atoms with E-state index in [1.165, 1.54) is 0 Å². The molecule has 138 valence electrons. The third-order valence-electron chi connectivity index (χ3n) is 3.98. The van der Waals surface area contributed by atoms with Gasteiger partial charge in [-0.15, -0.1) is 0 Å². The Kier molecular flexibility index (Phi) is 5.88. The summed E-state index contributed by atoms with van der Waals surface area (Å²) in [7, 11) is 0. The lowest BCUT2D eigenvalue weighted by Gasteiger charge is -2.21. The van der Waals surface area contributed by atoms with Crippen LogP contribution in [0.2, 0.25) is 0 Å². The van der Waals surface area contributed by atoms with Gasteiger partial charge in [0.05, 0.1) is 12.1 Å². The van der Waals surface area contributed by atoms with Gasteiger partial charge in [-0.25, -0.2) is 5.43 Å². The summed E-state index contributed by atoms with van der Waals surface area (Å²) in [5, 5.41) is 4.07. The first-order valence-corrected chi connectivity index (χ1v) is 8.52. The highest BCUT2D eigenvalue weighted by Gasteiger charge is 2.25. The molecule has 0 saturated carbocycles. The molecule has 2 aromatic rings. The first kappa shape index (κ1) is 18.2. The molecule has 2 amide bonds. The number of carbonyl (C=O) groups excluding carboxylic acids is 2. The number of hydrogen-bond acceptors (Lipinski definition) is 6. The summed E-state index contributed by atoms with van der Waals surface area (Å²) in [4.78, 5) is 32.4. The van der Waals surface area contributed by atoms with Gasteiger partial charge in [-0.3, -0.25) is 30.4 Å². The molecule has 3 rings (SSSR count). The van der Waals surface area contributed by atoms with E-state index in [4.69, 9.17) is 0 Å². The van der Waals surface area contributed by atoms with E-state index in [0.29, 0.717) is 18.0 Å². The van der Waals surface area contributed by atoms with Crippen molar-refractivity contribution in [2.45, 2.75) is 25.8 Å². The van der Waals surface area contributed by atoms with E-state index >= 15 is 0 Å². The summed E-state index contributed by atoms with van der Waals surface area (Å²) < 4.78 is 0. The Labute approximate surface area is 156 Å². The van der Waals surface area contributed by atoms with Crippen LogP contribution < -0.4 is 16.3 Å². The number of hydrazone groups is 1. The molecule has 27 heavy (non-hydrogen) atoms. The van der Waals surface area contributed by atoms with Crippen molar-refractivity contribution in [3.63, 3.8) is 0 Å². The summed E-state index contributed by atoms with van der Waals surface area (Å²) in [6.45, 7) is 1.78. The summed E-state index contributed by atoms with van der Waals surface area (Å²) in [6, 6.07) is 12.6. The van der Waals surface area contributed by atoms with Crippen LogP contribution in [-0.2, 0) is 16.0 Å². The zero-order valence-electron chi connectivity index (χ0n) is 14.8. The topological polar surface area (TPSA) is 108 Å². The molecule has 0 fully saturated rings. The van der Waals surface area contributed by atoms with Crippen LogP contribution in [0.15, 0.2) is 65.0 Å². The predicted molar refractivity (Wildman–Crippen MR) is 102 cm³/mol. The summed E-state index contributed by atoms with van der Waals surface area (Å²) in [5.74, 6) is -0.125. The number of amidine groups is 1. The fourth-order valence-corrected chi connectivity index (χ4v) is 2.54. The van der Waals surface area contributed by atoms with Crippen molar-refractivity contribution < 1.29 is 9.59 Å². The SMILES string of the molecule is CC(=NNC(=O)C[C@H]1N=C(Cc2ccccc2)NNC1=O)c1ccncc1. The van der Waals surface area contributed by atoms with Gasteiger partial charge in [0, 0.05) is 24.4 Å². The van der Waals surface area contributed by atoms with Crippen LogP contribution in [0.3, 0.4) is 0 Å². The number of aromatic nitrogens is 1. The zero-order valence-corrected chi connectivity index (χ0v) is 14.8. The Morgan fingerprint density at radius 3 is 2.63 bits per heavy atom. The van der Waals surface area contributed by atoms with E-state index in [0.717, 1.165) is 11.1 Å². The molecule has 0 aliphatic carbocycles.